The fourth-order valence-electron chi connectivity index (χ4n) is 3.36. The van der Waals surface area contributed by atoms with Crippen molar-refractivity contribution in [1.29, 1.82) is 0 Å². The van der Waals surface area contributed by atoms with E-state index in [1.54, 1.807) is 12.1 Å². The molecular formula is C16H20N8O2. The summed E-state index contributed by atoms with van der Waals surface area (Å²) in [6, 6.07) is 4.15. The number of nitrogens with zero attached hydrogens (tertiary/aromatic N) is 6. The van der Waals surface area contributed by atoms with Crippen molar-refractivity contribution in [2.75, 3.05) is 11.9 Å². The third-order valence-electron chi connectivity index (χ3n) is 4.99. The van der Waals surface area contributed by atoms with Gasteiger partial charge in [-0.3, -0.25) is 9.89 Å². The molecule has 0 aliphatic heterocycles. The number of nitrogens with two attached hydrogens (primary N) is 1. The minimum absolute atomic E-state index is 0.0000528. The monoisotopic (exact) mass is 356 g/mol. The SMILES string of the molecule is CN(c1ccc(-c2nc3n[nH]cc3c(=O)n2O)nn1)[C@H]1CC[C@@H](N)CC1. The lowest BCUT2D eigenvalue weighted by Gasteiger charge is -2.33. The molecule has 3 aromatic rings. The third kappa shape index (κ3) is 2.77. The van der Waals surface area contributed by atoms with Crippen LogP contribution in [0.25, 0.3) is 22.6 Å². The first-order valence-corrected chi connectivity index (χ1v) is 8.53. The zero-order valence-electron chi connectivity index (χ0n) is 14.3. The third-order valence-corrected chi connectivity index (χ3v) is 4.99. The number of aromatic nitrogens is 6. The molecule has 0 amide bonds. The zero-order valence-corrected chi connectivity index (χ0v) is 14.3. The van der Waals surface area contributed by atoms with Crippen LogP contribution in [-0.4, -0.2) is 54.4 Å². The molecule has 0 atom stereocenters. The van der Waals surface area contributed by atoms with E-state index in [0.717, 1.165) is 31.5 Å². The first-order chi connectivity index (χ1) is 12.5. The highest BCUT2D eigenvalue weighted by Crippen LogP contribution is 2.25. The lowest BCUT2D eigenvalue weighted by atomic mass is 9.91. The van der Waals surface area contributed by atoms with Crippen LogP contribution in [-0.2, 0) is 0 Å². The average Bonchev–Trinajstić information content (AvgIpc) is 3.14. The lowest BCUT2D eigenvalue weighted by molar-refractivity contribution is 0.178. The summed E-state index contributed by atoms with van der Waals surface area (Å²) in [4.78, 5) is 18.4. The van der Waals surface area contributed by atoms with Gasteiger partial charge in [0.1, 0.15) is 11.1 Å². The van der Waals surface area contributed by atoms with Crippen LogP contribution in [0.4, 0.5) is 5.82 Å². The second-order valence-corrected chi connectivity index (χ2v) is 6.63. The Morgan fingerprint density at radius 3 is 2.73 bits per heavy atom. The van der Waals surface area contributed by atoms with E-state index in [-0.39, 0.29) is 28.6 Å². The molecule has 4 rings (SSSR count). The predicted molar refractivity (Wildman–Crippen MR) is 95.0 cm³/mol. The number of hydrogen-bond donors (Lipinski definition) is 3. The molecule has 26 heavy (non-hydrogen) atoms. The van der Waals surface area contributed by atoms with Crippen molar-refractivity contribution in [2.24, 2.45) is 5.73 Å². The van der Waals surface area contributed by atoms with E-state index in [4.69, 9.17) is 5.73 Å². The molecule has 136 valence electrons. The van der Waals surface area contributed by atoms with E-state index in [1.807, 2.05) is 7.05 Å². The van der Waals surface area contributed by atoms with Gasteiger partial charge in [0.25, 0.3) is 5.56 Å². The Bertz CT molecular complexity index is 972. The Balaban J connectivity index is 1.62. The molecule has 0 bridgehead atoms. The van der Waals surface area contributed by atoms with Gasteiger partial charge in [0.2, 0.25) is 5.82 Å². The van der Waals surface area contributed by atoms with Crippen molar-refractivity contribution < 1.29 is 5.21 Å². The van der Waals surface area contributed by atoms with Crippen LogP contribution in [0, 0.1) is 0 Å². The van der Waals surface area contributed by atoms with Gasteiger partial charge in [0.05, 0.1) is 0 Å². The normalized spacial score (nSPS) is 20.4. The summed E-state index contributed by atoms with van der Waals surface area (Å²) < 4.78 is 0.466. The number of anilines is 1. The molecular weight excluding hydrogens is 336 g/mol. The van der Waals surface area contributed by atoms with Crippen molar-refractivity contribution in [3.63, 3.8) is 0 Å². The van der Waals surface area contributed by atoms with E-state index in [1.165, 1.54) is 6.20 Å². The second kappa shape index (κ2) is 6.37. The Labute approximate surface area is 148 Å². The smallest absolute Gasteiger partial charge is 0.297 e. The van der Waals surface area contributed by atoms with Gasteiger partial charge in [-0.2, -0.15) is 5.10 Å². The largest absolute Gasteiger partial charge is 0.423 e. The Hall–Kier alpha value is -3.01. The van der Waals surface area contributed by atoms with E-state index in [2.05, 4.69) is 30.3 Å². The highest BCUT2D eigenvalue weighted by Gasteiger charge is 2.23. The number of aromatic amines is 1. The first-order valence-electron chi connectivity index (χ1n) is 8.53. The fraction of sp³-hybridized carbons (Fsp3) is 0.438. The van der Waals surface area contributed by atoms with Crippen LogP contribution in [0.5, 0.6) is 0 Å². The maximum atomic E-state index is 12.1. The zero-order chi connectivity index (χ0) is 18.3. The highest BCUT2D eigenvalue weighted by atomic mass is 16.5. The maximum Gasteiger partial charge on any atom is 0.297 e. The fourth-order valence-corrected chi connectivity index (χ4v) is 3.36. The first kappa shape index (κ1) is 16.5. The summed E-state index contributed by atoms with van der Waals surface area (Å²) in [6.45, 7) is 0. The van der Waals surface area contributed by atoms with Gasteiger partial charge in [0.15, 0.2) is 11.5 Å². The molecule has 1 aliphatic rings. The minimum atomic E-state index is -0.611. The Morgan fingerprint density at radius 1 is 1.27 bits per heavy atom. The summed E-state index contributed by atoms with van der Waals surface area (Å²) in [5.41, 5.74) is 5.86. The quantitative estimate of drug-likeness (QED) is 0.577. The molecule has 10 nitrogen and oxygen atoms in total. The number of fused-ring (bicyclic) bond motifs is 1. The summed E-state index contributed by atoms with van der Waals surface area (Å²) in [7, 11) is 1.99. The second-order valence-electron chi connectivity index (χ2n) is 6.63. The van der Waals surface area contributed by atoms with Crippen molar-refractivity contribution in [3.8, 4) is 11.5 Å². The van der Waals surface area contributed by atoms with E-state index in [0.29, 0.717) is 10.8 Å². The summed E-state index contributed by atoms with van der Waals surface area (Å²) in [6.07, 6.45) is 5.44. The molecule has 3 heterocycles. The van der Waals surface area contributed by atoms with Gasteiger partial charge < -0.3 is 15.8 Å². The summed E-state index contributed by atoms with van der Waals surface area (Å²) in [5, 5.41) is 25.1. The molecule has 4 N–H and O–H groups in total. The van der Waals surface area contributed by atoms with Crippen molar-refractivity contribution in [1.82, 2.24) is 30.1 Å². The maximum absolute atomic E-state index is 12.1. The van der Waals surface area contributed by atoms with Crippen molar-refractivity contribution in [3.05, 3.63) is 28.7 Å². The van der Waals surface area contributed by atoms with E-state index < -0.39 is 5.56 Å². The Kier molecular flexibility index (Phi) is 4.03. The highest BCUT2D eigenvalue weighted by molar-refractivity contribution is 5.74. The molecule has 0 saturated heterocycles. The molecule has 0 spiro atoms. The van der Waals surface area contributed by atoms with Gasteiger partial charge >= 0.3 is 0 Å². The van der Waals surface area contributed by atoms with Crippen LogP contribution in [0.1, 0.15) is 25.7 Å². The van der Waals surface area contributed by atoms with Crippen LogP contribution in [0.15, 0.2) is 23.1 Å². The van der Waals surface area contributed by atoms with E-state index >= 15 is 0 Å². The average molecular weight is 356 g/mol. The van der Waals surface area contributed by atoms with Gasteiger partial charge in [-0.25, -0.2) is 4.98 Å². The summed E-state index contributed by atoms with van der Waals surface area (Å²) >= 11 is 0. The molecule has 1 saturated carbocycles. The van der Waals surface area contributed by atoms with E-state index in [9.17, 15) is 10.0 Å². The number of rotatable bonds is 3. The molecule has 0 aromatic carbocycles. The van der Waals surface area contributed by atoms with Crippen LogP contribution >= 0.6 is 0 Å². The van der Waals surface area contributed by atoms with Crippen LogP contribution in [0.2, 0.25) is 0 Å². The van der Waals surface area contributed by atoms with Gasteiger partial charge in [-0.15, -0.1) is 14.9 Å². The Morgan fingerprint density at radius 2 is 2.04 bits per heavy atom. The molecule has 0 unspecified atom stereocenters. The van der Waals surface area contributed by atoms with Gasteiger partial charge in [-0.1, -0.05) is 0 Å². The number of H-pyrrole nitrogens is 1. The number of hydrogen-bond acceptors (Lipinski definition) is 8. The summed E-state index contributed by atoms with van der Waals surface area (Å²) in [5.74, 6) is 0.724. The minimum Gasteiger partial charge on any atom is -0.423 e. The molecule has 1 fully saturated rings. The molecule has 3 aromatic heterocycles. The topological polar surface area (TPSA) is 139 Å². The van der Waals surface area contributed by atoms with Crippen molar-refractivity contribution >= 4 is 16.9 Å². The van der Waals surface area contributed by atoms with Crippen LogP contribution in [0.3, 0.4) is 0 Å². The predicted octanol–water partition coefficient (Wildman–Crippen LogP) is 0.520. The van der Waals surface area contributed by atoms with Gasteiger partial charge in [-0.05, 0) is 37.8 Å². The van der Waals surface area contributed by atoms with Crippen molar-refractivity contribution in [2.45, 2.75) is 37.8 Å². The lowest BCUT2D eigenvalue weighted by Crippen LogP contribution is -2.39. The molecule has 10 heteroatoms. The number of nitrogens with one attached hydrogen (secondary N) is 1. The van der Waals surface area contributed by atoms with Gasteiger partial charge in [0, 0.05) is 25.3 Å². The molecule has 0 radical (unpaired) electrons. The molecule has 1 aliphatic carbocycles. The standard InChI is InChI=1S/C16H20N8O2/c1-23(10-4-2-9(17)3-5-10)13-7-6-12(20-21-13)15-19-14-11(8-18-22-14)16(25)24(15)26/h6-10,26H,2-5,17H2,1H3,(H,18,22)/t9-,10+. The van der Waals surface area contributed by atoms with Crippen LogP contribution < -0.4 is 16.2 Å².